The number of amides is 1. The minimum absolute atomic E-state index is 0.0959. The van der Waals surface area contributed by atoms with Gasteiger partial charge in [0.05, 0.1) is 5.56 Å². The molecule has 4 nitrogen and oxygen atoms in total. The van der Waals surface area contributed by atoms with Gasteiger partial charge in [0, 0.05) is 11.8 Å². The molecule has 0 unspecified atom stereocenters. The Bertz CT molecular complexity index is 732. The molecule has 0 atom stereocenters. The highest BCUT2D eigenvalue weighted by Crippen LogP contribution is 2.27. The van der Waals surface area contributed by atoms with E-state index in [0.29, 0.717) is 11.6 Å². The Kier molecular flexibility index (Phi) is 3.75. The van der Waals surface area contributed by atoms with Gasteiger partial charge in [-0.05, 0) is 24.6 Å². The molecule has 2 aromatic carbocycles. The predicted molar refractivity (Wildman–Crippen MR) is 68.8 cm³/mol. The molecule has 21 heavy (non-hydrogen) atoms. The highest BCUT2D eigenvalue weighted by Gasteiger charge is 2.22. The maximum Gasteiger partial charge on any atom is 0.258 e. The van der Waals surface area contributed by atoms with Gasteiger partial charge in [-0.15, -0.1) is 0 Å². The lowest BCUT2D eigenvalue weighted by atomic mass is 10.1. The van der Waals surface area contributed by atoms with Gasteiger partial charge < -0.3 is 15.5 Å². The molecule has 0 bridgehead atoms. The first-order valence-corrected chi connectivity index (χ1v) is 5.78. The Hall–Kier alpha value is -2.70. The summed E-state index contributed by atoms with van der Waals surface area (Å²) in [4.78, 5) is 11.8. The van der Waals surface area contributed by atoms with Crippen molar-refractivity contribution in [3.63, 3.8) is 0 Å². The Morgan fingerprint density at radius 3 is 2.38 bits per heavy atom. The zero-order valence-corrected chi connectivity index (χ0v) is 10.7. The van der Waals surface area contributed by atoms with Crippen molar-refractivity contribution in [2.75, 3.05) is 5.32 Å². The van der Waals surface area contributed by atoms with Crippen molar-refractivity contribution in [1.29, 1.82) is 0 Å². The van der Waals surface area contributed by atoms with Gasteiger partial charge in [0.25, 0.3) is 5.91 Å². The second kappa shape index (κ2) is 5.35. The smallest absolute Gasteiger partial charge is 0.258 e. The molecule has 2 aromatic rings. The second-order valence-electron chi connectivity index (χ2n) is 4.34. The van der Waals surface area contributed by atoms with Crippen molar-refractivity contribution in [2.24, 2.45) is 0 Å². The van der Waals surface area contributed by atoms with E-state index in [2.05, 4.69) is 5.32 Å². The quantitative estimate of drug-likeness (QED) is 0.746. The first-order chi connectivity index (χ1) is 9.81. The summed E-state index contributed by atoms with van der Waals surface area (Å²) in [5.41, 5.74) is -0.164. The van der Waals surface area contributed by atoms with Crippen LogP contribution >= 0.6 is 0 Å². The van der Waals surface area contributed by atoms with Gasteiger partial charge in [-0.2, -0.15) is 4.39 Å². The van der Waals surface area contributed by atoms with E-state index in [0.717, 1.165) is 0 Å². The van der Waals surface area contributed by atoms with Crippen LogP contribution < -0.4 is 5.32 Å². The fourth-order valence-corrected chi connectivity index (χ4v) is 1.64. The zero-order chi connectivity index (χ0) is 15.7. The van der Waals surface area contributed by atoms with Gasteiger partial charge in [0.2, 0.25) is 5.82 Å². The summed E-state index contributed by atoms with van der Waals surface area (Å²) < 4.78 is 39.6. The number of hydrogen-bond acceptors (Lipinski definition) is 3. The number of benzene rings is 2. The van der Waals surface area contributed by atoms with E-state index >= 15 is 0 Å². The monoisotopic (exact) mass is 297 g/mol. The molecule has 0 radical (unpaired) electrons. The van der Waals surface area contributed by atoms with Crippen LogP contribution in [0.25, 0.3) is 0 Å². The standard InChI is InChI=1S/C14H10F3NO3/c1-6-2-3-7(4-10(6)19)18-14(21)8-5-9(15)12(17)13(20)11(8)16/h2-5,19-20H,1H3,(H,18,21). The lowest BCUT2D eigenvalue weighted by Gasteiger charge is -2.09. The largest absolute Gasteiger partial charge is 0.508 e. The minimum Gasteiger partial charge on any atom is -0.508 e. The number of aryl methyl sites for hydroxylation is 1. The lowest BCUT2D eigenvalue weighted by molar-refractivity contribution is 0.102. The number of carbonyl (C=O) groups excluding carboxylic acids is 1. The summed E-state index contributed by atoms with van der Waals surface area (Å²) in [6.07, 6.45) is 0. The van der Waals surface area contributed by atoms with Crippen LogP contribution in [0.3, 0.4) is 0 Å². The summed E-state index contributed by atoms with van der Waals surface area (Å²) in [5.74, 6) is -7.64. The Balaban J connectivity index is 2.35. The highest BCUT2D eigenvalue weighted by atomic mass is 19.2. The first-order valence-electron chi connectivity index (χ1n) is 5.78. The average Bonchev–Trinajstić information content (AvgIpc) is 2.44. The van der Waals surface area contributed by atoms with Crippen molar-refractivity contribution in [3.8, 4) is 11.5 Å². The molecule has 0 saturated heterocycles. The Labute approximate surface area is 117 Å². The SMILES string of the molecule is Cc1ccc(NC(=O)c2cc(F)c(F)c(O)c2F)cc1O. The third-order valence-corrected chi connectivity index (χ3v) is 2.84. The van der Waals surface area contributed by atoms with Crippen molar-refractivity contribution in [3.05, 3.63) is 52.8 Å². The number of carbonyl (C=O) groups is 1. The molecule has 3 N–H and O–H groups in total. The molecule has 0 spiro atoms. The van der Waals surface area contributed by atoms with Gasteiger partial charge in [0.15, 0.2) is 17.4 Å². The normalized spacial score (nSPS) is 10.5. The maximum absolute atomic E-state index is 13.6. The zero-order valence-electron chi connectivity index (χ0n) is 10.7. The van der Waals surface area contributed by atoms with E-state index < -0.39 is 34.7 Å². The molecule has 7 heteroatoms. The van der Waals surface area contributed by atoms with E-state index in [1.54, 1.807) is 6.92 Å². The molecule has 0 aromatic heterocycles. The summed E-state index contributed by atoms with van der Waals surface area (Å²) >= 11 is 0. The molecule has 1 amide bonds. The van der Waals surface area contributed by atoms with Crippen molar-refractivity contribution in [2.45, 2.75) is 6.92 Å². The second-order valence-corrected chi connectivity index (χ2v) is 4.34. The van der Waals surface area contributed by atoms with Crippen molar-refractivity contribution < 1.29 is 28.2 Å². The van der Waals surface area contributed by atoms with Gasteiger partial charge in [-0.3, -0.25) is 4.79 Å². The van der Waals surface area contributed by atoms with Gasteiger partial charge >= 0.3 is 0 Å². The van der Waals surface area contributed by atoms with E-state index in [1.165, 1.54) is 18.2 Å². The van der Waals surface area contributed by atoms with Crippen LogP contribution in [-0.2, 0) is 0 Å². The number of hydrogen-bond donors (Lipinski definition) is 3. The van der Waals surface area contributed by atoms with Crippen molar-refractivity contribution >= 4 is 11.6 Å². The van der Waals surface area contributed by atoms with Crippen LogP contribution in [0.1, 0.15) is 15.9 Å². The Morgan fingerprint density at radius 2 is 1.76 bits per heavy atom. The van der Waals surface area contributed by atoms with E-state index in [1.807, 2.05) is 0 Å². The molecule has 0 heterocycles. The molecule has 0 aliphatic carbocycles. The Morgan fingerprint density at radius 1 is 1.10 bits per heavy atom. The molecule has 2 rings (SSSR count). The summed E-state index contributed by atoms with van der Waals surface area (Å²) in [7, 11) is 0. The van der Waals surface area contributed by atoms with Crippen molar-refractivity contribution in [1.82, 2.24) is 0 Å². The van der Waals surface area contributed by atoms with Gasteiger partial charge in [-0.1, -0.05) is 6.07 Å². The molecule has 0 aliphatic heterocycles. The van der Waals surface area contributed by atoms with Crippen LogP contribution in [0.5, 0.6) is 11.5 Å². The molecular formula is C14H10F3NO3. The third-order valence-electron chi connectivity index (χ3n) is 2.84. The summed E-state index contributed by atoms with van der Waals surface area (Å²) in [5, 5.41) is 20.7. The van der Waals surface area contributed by atoms with Crippen LogP contribution in [0.15, 0.2) is 24.3 Å². The summed E-state index contributed by atoms with van der Waals surface area (Å²) in [6, 6.07) is 4.49. The lowest BCUT2D eigenvalue weighted by Crippen LogP contribution is -2.15. The number of halogens is 3. The molecule has 110 valence electrons. The van der Waals surface area contributed by atoms with Crippen LogP contribution in [0.2, 0.25) is 0 Å². The fraction of sp³-hybridized carbons (Fsp3) is 0.0714. The van der Waals surface area contributed by atoms with Gasteiger partial charge in [-0.25, -0.2) is 8.78 Å². The number of nitrogens with one attached hydrogen (secondary N) is 1. The fourth-order valence-electron chi connectivity index (χ4n) is 1.64. The number of phenols is 2. The summed E-state index contributed by atoms with van der Waals surface area (Å²) in [6.45, 7) is 1.63. The van der Waals surface area contributed by atoms with E-state index in [9.17, 15) is 23.1 Å². The maximum atomic E-state index is 13.6. The molecule has 0 aliphatic rings. The van der Waals surface area contributed by atoms with E-state index in [-0.39, 0.29) is 11.4 Å². The topological polar surface area (TPSA) is 69.6 Å². The molecule has 0 saturated carbocycles. The average molecular weight is 297 g/mol. The number of anilines is 1. The number of phenolic OH excluding ortho intramolecular Hbond substituents is 2. The molecular weight excluding hydrogens is 287 g/mol. The number of aromatic hydroxyl groups is 2. The first kappa shape index (κ1) is 14.7. The van der Waals surface area contributed by atoms with Crippen LogP contribution in [0.4, 0.5) is 18.9 Å². The van der Waals surface area contributed by atoms with Crippen LogP contribution in [0, 0.1) is 24.4 Å². The minimum atomic E-state index is -1.77. The van der Waals surface area contributed by atoms with Crippen LogP contribution in [-0.4, -0.2) is 16.1 Å². The number of rotatable bonds is 2. The highest BCUT2D eigenvalue weighted by molar-refractivity contribution is 6.04. The predicted octanol–water partition coefficient (Wildman–Crippen LogP) is 3.08. The van der Waals surface area contributed by atoms with E-state index in [4.69, 9.17) is 5.11 Å². The molecule has 0 fully saturated rings. The van der Waals surface area contributed by atoms with Gasteiger partial charge in [0.1, 0.15) is 5.75 Å². The third kappa shape index (κ3) is 2.76.